The largest absolute Gasteiger partial charge is 0.390 e. The van der Waals surface area contributed by atoms with E-state index in [0.29, 0.717) is 13.1 Å². The van der Waals surface area contributed by atoms with Gasteiger partial charge in [0.15, 0.2) is 0 Å². The van der Waals surface area contributed by atoms with Crippen molar-refractivity contribution in [1.82, 2.24) is 14.5 Å². The SMILES string of the molecule is Cc1nc2ccccc2n1CC(O)CN1CC(C)OC(C)C1. The molecule has 0 bridgehead atoms. The van der Waals surface area contributed by atoms with E-state index >= 15 is 0 Å². The predicted octanol–water partition coefficient (Wildman–Crippen LogP) is 1.81. The van der Waals surface area contributed by atoms with Crippen LogP contribution >= 0.6 is 0 Å². The highest BCUT2D eigenvalue weighted by Gasteiger charge is 2.24. The summed E-state index contributed by atoms with van der Waals surface area (Å²) in [6.07, 6.45) is 0.0485. The molecule has 1 saturated heterocycles. The van der Waals surface area contributed by atoms with Gasteiger partial charge < -0.3 is 14.4 Å². The summed E-state index contributed by atoms with van der Waals surface area (Å²) >= 11 is 0. The number of para-hydroxylation sites is 2. The third-order valence-electron chi connectivity index (χ3n) is 4.20. The summed E-state index contributed by atoms with van der Waals surface area (Å²) < 4.78 is 7.85. The minimum Gasteiger partial charge on any atom is -0.390 e. The normalized spacial score (nSPS) is 24.7. The maximum atomic E-state index is 10.5. The van der Waals surface area contributed by atoms with Crippen molar-refractivity contribution in [2.24, 2.45) is 0 Å². The molecule has 1 N–H and O–H groups in total. The second kappa shape index (κ2) is 6.36. The molecular weight excluding hydrogens is 278 g/mol. The summed E-state index contributed by atoms with van der Waals surface area (Å²) in [5.41, 5.74) is 2.07. The molecule has 3 unspecified atom stereocenters. The van der Waals surface area contributed by atoms with Crippen LogP contribution in [-0.2, 0) is 11.3 Å². The number of aliphatic hydroxyl groups excluding tert-OH is 1. The molecule has 5 nitrogen and oxygen atoms in total. The third-order valence-corrected chi connectivity index (χ3v) is 4.20. The van der Waals surface area contributed by atoms with Gasteiger partial charge in [-0.2, -0.15) is 0 Å². The number of aliphatic hydroxyl groups is 1. The van der Waals surface area contributed by atoms with Gasteiger partial charge in [-0.05, 0) is 32.9 Å². The van der Waals surface area contributed by atoms with Gasteiger partial charge in [-0.3, -0.25) is 4.90 Å². The summed E-state index contributed by atoms with van der Waals surface area (Å²) in [6, 6.07) is 8.07. The molecule has 2 aromatic rings. The summed E-state index contributed by atoms with van der Waals surface area (Å²) in [5.74, 6) is 0.948. The van der Waals surface area contributed by atoms with Gasteiger partial charge in [-0.25, -0.2) is 4.98 Å². The van der Waals surface area contributed by atoms with Crippen LogP contribution < -0.4 is 0 Å². The second-order valence-electron chi connectivity index (χ2n) is 6.39. The van der Waals surface area contributed by atoms with Gasteiger partial charge in [0.1, 0.15) is 5.82 Å². The van der Waals surface area contributed by atoms with Crippen molar-refractivity contribution in [3.05, 3.63) is 30.1 Å². The van der Waals surface area contributed by atoms with Crippen molar-refractivity contribution < 1.29 is 9.84 Å². The summed E-state index contributed by atoms with van der Waals surface area (Å²) in [4.78, 5) is 6.84. The third kappa shape index (κ3) is 3.32. The van der Waals surface area contributed by atoms with Crippen LogP contribution in [0.15, 0.2) is 24.3 Å². The number of benzene rings is 1. The van der Waals surface area contributed by atoms with Crippen LogP contribution in [0.4, 0.5) is 0 Å². The van der Waals surface area contributed by atoms with Crippen LogP contribution in [0.2, 0.25) is 0 Å². The van der Waals surface area contributed by atoms with Gasteiger partial charge in [0.25, 0.3) is 0 Å². The van der Waals surface area contributed by atoms with E-state index in [0.717, 1.165) is 29.9 Å². The highest BCUT2D eigenvalue weighted by atomic mass is 16.5. The second-order valence-corrected chi connectivity index (χ2v) is 6.39. The van der Waals surface area contributed by atoms with E-state index in [-0.39, 0.29) is 12.2 Å². The van der Waals surface area contributed by atoms with Crippen LogP contribution in [0.1, 0.15) is 19.7 Å². The molecule has 0 spiro atoms. The van der Waals surface area contributed by atoms with Gasteiger partial charge in [0.05, 0.1) is 35.9 Å². The number of aryl methyl sites for hydroxylation is 1. The van der Waals surface area contributed by atoms with E-state index in [1.54, 1.807) is 0 Å². The Bertz CT molecular complexity index is 630. The Morgan fingerprint density at radius 3 is 2.64 bits per heavy atom. The van der Waals surface area contributed by atoms with Gasteiger partial charge in [0, 0.05) is 19.6 Å². The molecule has 0 amide bonds. The molecule has 0 saturated carbocycles. The van der Waals surface area contributed by atoms with Crippen molar-refractivity contribution in [1.29, 1.82) is 0 Å². The van der Waals surface area contributed by atoms with Crippen LogP contribution in [0.3, 0.4) is 0 Å². The number of hydrogen-bond donors (Lipinski definition) is 1. The Morgan fingerprint density at radius 1 is 1.23 bits per heavy atom. The van der Waals surface area contributed by atoms with Crippen molar-refractivity contribution in [3.63, 3.8) is 0 Å². The molecule has 1 aromatic carbocycles. The average Bonchev–Trinajstić information content (AvgIpc) is 2.74. The van der Waals surface area contributed by atoms with Crippen LogP contribution in [0.5, 0.6) is 0 Å². The molecule has 1 aromatic heterocycles. The molecule has 0 aliphatic carbocycles. The fourth-order valence-electron chi connectivity index (χ4n) is 3.43. The summed E-state index contributed by atoms with van der Waals surface area (Å²) in [6.45, 7) is 9.17. The Labute approximate surface area is 131 Å². The first kappa shape index (κ1) is 15.5. The number of morpholine rings is 1. The molecule has 1 fully saturated rings. The topological polar surface area (TPSA) is 50.5 Å². The van der Waals surface area contributed by atoms with E-state index in [1.165, 1.54) is 0 Å². The van der Waals surface area contributed by atoms with Gasteiger partial charge in [-0.1, -0.05) is 12.1 Å². The zero-order valence-electron chi connectivity index (χ0n) is 13.6. The van der Waals surface area contributed by atoms with E-state index in [4.69, 9.17) is 4.74 Å². The number of nitrogens with zero attached hydrogens (tertiary/aromatic N) is 3. The molecular formula is C17H25N3O2. The minimum atomic E-state index is -0.409. The number of ether oxygens (including phenoxy) is 1. The predicted molar refractivity (Wildman–Crippen MR) is 86.9 cm³/mol. The fraction of sp³-hybridized carbons (Fsp3) is 0.588. The summed E-state index contributed by atoms with van der Waals surface area (Å²) in [7, 11) is 0. The molecule has 1 aliphatic rings. The number of aromatic nitrogens is 2. The maximum Gasteiger partial charge on any atom is 0.106 e. The molecule has 3 atom stereocenters. The monoisotopic (exact) mass is 303 g/mol. The quantitative estimate of drug-likeness (QED) is 0.936. The number of fused-ring (bicyclic) bond motifs is 1. The van der Waals surface area contributed by atoms with Crippen molar-refractivity contribution >= 4 is 11.0 Å². The average molecular weight is 303 g/mol. The van der Waals surface area contributed by atoms with Gasteiger partial charge in [0.2, 0.25) is 0 Å². The first-order chi connectivity index (χ1) is 10.5. The van der Waals surface area contributed by atoms with Gasteiger partial charge >= 0.3 is 0 Å². The van der Waals surface area contributed by atoms with Gasteiger partial charge in [-0.15, -0.1) is 0 Å². The highest BCUT2D eigenvalue weighted by molar-refractivity contribution is 5.75. The lowest BCUT2D eigenvalue weighted by atomic mass is 10.2. The fourth-order valence-corrected chi connectivity index (χ4v) is 3.43. The zero-order chi connectivity index (χ0) is 15.7. The number of β-amino-alcohol motifs (C(OH)–C–C–N with tert-alkyl or cyclic N) is 1. The van der Waals surface area contributed by atoms with E-state index < -0.39 is 6.10 Å². The number of hydrogen-bond acceptors (Lipinski definition) is 4. The molecule has 5 heteroatoms. The first-order valence-electron chi connectivity index (χ1n) is 8.00. The number of imidazole rings is 1. The lowest BCUT2D eigenvalue weighted by Crippen LogP contribution is -2.48. The minimum absolute atomic E-state index is 0.228. The lowest BCUT2D eigenvalue weighted by molar-refractivity contribution is -0.0772. The van der Waals surface area contributed by atoms with E-state index in [9.17, 15) is 5.11 Å². The summed E-state index contributed by atoms with van der Waals surface area (Å²) in [5, 5.41) is 10.5. The van der Waals surface area contributed by atoms with E-state index in [1.807, 2.05) is 25.1 Å². The first-order valence-corrected chi connectivity index (χ1v) is 8.00. The standard InChI is InChI=1S/C17H25N3O2/c1-12-8-19(9-13(2)22-12)10-15(21)11-20-14(3)18-16-6-4-5-7-17(16)20/h4-7,12-13,15,21H,8-11H2,1-3H3. The highest BCUT2D eigenvalue weighted by Crippen LogP contribution is 2.17. The lowest BCUT2D eigenvalue weighted by Gasteiger charge is -2.36. The smallest absolute Gasteiger partial charge is 0.106 e. The van der Waals surface area contributed by atoms with Crippen molar-refractivity contribution in [2.75, 3.05) is 19.6 Å². The Balaban J connectivity index is 1.68. The Kier molecular flexibility index (Phi) is 4.47. The van der Waals surface area contributed by atoms with Crippen molar-refractivity contribution in [2.45, 2.75) is 45.6 Å². The molecule has 3 rings (SSSR count). The van der Waals surface area contributed by atoms with Crippen LogP contribution in [-0.4, -0.2) is 57.5 Å². The molecule has 22 heavy (non-hydrogen) atoms. The van der Waals surface area contributed by atoms with Crippen LogP contribution in [0.25, 0.3) is 11.0 Å². The molecule has 0 radical (unpaired) electrons. The Morgan fingerprint density at radius 2 is 1.91 bits per heavy atom. The molecule has 1 aliphatic heterocycles. The number of rotatable bonds is 4. The molecule has 120 valence electrons. The Hall–Kier alpha value is -1.43. The zero-order valence-corrected chi connectivity index (χ0v) is 13.6. The van der Waals surface area contributed by atoms with E-state index in [2.05, 4.69) is 34.4 Å². The van der Waals surface area contributed by atoms with Crippen LogP contribution in [0, 0.1) is 6.92 Å². The van der Waals surface area contributed by atoms with Crippen molar-refractivity contribution in [3.8, 4) is 0 Å². The molecule has 2 heterocycles. The maximum absolute atomic E-state index is 10.5.